The van der Waals surface area contributed by atoms with Crippen LogP contribution in [0.5, 0.6) is 0 Å². The van der Waals surface area contributed by atoms with Gasteiger partial charge in [-0.1, -0.05) is 416 Å². The molecule has 0 aliphatic rings. The first-order chi connectivity index (χ1) is 59.0. The summed E-state index contributed by atoms with van der Waals surface area (Å²) >= 11 is 3.53. The summed E-state index contributed by atoms with van der Waals surface area (Å²) in [7, 11) is 0. The minimum atomic E-state index is 1.10. The first kappa shape index (κ1) is 70.6. The molecule has 1 N–H and O–H groups in total. The number of halogens is 1. The van der Waals surface area contributed by atoms with Crippen LogP contribution in [-0.2, 0) is 0 Å². The number of nitrogens with zero attached hydrogens (tertiary/aromatic N) is 1. The Kier molecular flexibility index (Phi) is 17.8. The Bertz CT molecular complexity index is 7930. The van der Waals surface area contributed by atoms with Crippen LogP contribution in [0.2, 0.25) is 0 Å². The molecule has 0 saturated heterocycles. The highest BCUT2D eigenvalue weighted by atomic mass is 79.9. The van der Waals surface area contributed by atoms with Crippen molar-refractivity contribution in [2.45, 2.75) is 0 Å². The Labute approximate surface area is 698 Å². The van der Waals surface area contributed by atoms with Crippen LogP contribution in [0, 0.1) is 0 Å². The lowest BCUT2D eigenvalue weighted by molar-refractivity contribution is 1.18. The summed E-state index contributed by atoms with van der Waals surface area (Å²) in [5.41, 5.74) is 25.9. The third kappa shape index (κ3) is 12.6. The van der Waals surface area contributed by atoms with E-state index < -0.39 is 0 Å². The maximum atomic E-state index is 3.63. The molecular weight excluding hydrogens is 1500 g/mol. The molecule has 0 spiro atoms. The molecule has 0 bridgehead atoms. The fourth-order valence-electron chi connectivity index (χ4n) is 18.8. The topological polar surface area (TPSA) is 20.7 Å². The van der Waals surface area contributed by atoms with Crippen molar-refractivity contribution in [3.8, 4) is 94.7 Å². The van der Waals surface area contributed by atoms with Gasteiger partial charge in [0.1, 0.15) is 0 Å². The Morgan fingerprint density at radius 3 is 0.924 bits per heavy atom. The van der Waals surface area contributed by atoms with Gasteiger partial charge in [0.05, 0.1) is 11.0 Å². The number of aromatic nitrogens is 2. The first-order valence-electron chi connectivity index (χ1n) is 40.9. The summed E-state index contributed by atoms with van der Waals surface area (Å²) in [5, 5.41) is 25.6. The standard InChI is InChI=1S/C58H37N.C32H21Br.C26H17N/c1-2-15-42(16-3-1)56-49-20-8-10-22-51(49)57(52-23-11-9-21-50(52)56)43-27-25-38(26-28-43)39-29-33-45(34-30-39)59-54-36-32-41-14-5-7-19-48(41)58(54)53-35-31-44(37-55(53)59)47-24-12-17-40-13-4-6-18-46(40)47;33-26-20-18-23(19-21-26)22-14-16-25(17-15-22)32-29-12-6-4-10-27(29)31(24-8-2-1-3-9-24)28-11-5-7-13-30(28)32;1-3-9-20-17(6-1)8-5-11-21(20)19-12-14-23-25(16-19)27-24-15-13-18-7-2-4-10-22(18)26(23)24/h1-37H;1-21H;1-16,27H. The maximum Gasteiger partial charge on any atom is 0.0547 e. The highest BCUT2D eigenvalue weighted by molar-refractivity contribution is 9.10. The van der Waals surface area contributed by atoms with Crippen LogP contribution in [-0.4, -0.2) is 9.55 Å². The van der Waals surface area contributed by atoms with Gasteiger partial charge < -0.3 is 9.55 Å². The fourth-order valence-corrected chi connectivity index (χ4v) is 19.1. The molecule has 24 aromatic rings. The van der Waals surface area contributed by atoms with Crippen LogP contribution >= 0.6 is 15.9 Å². The van der Waals surface area contributed by atoms with Crippen molar-refractivity contribution in [1.29, 1.82) is 0 Å². The van der Waals surface area contributed by atoms with Crippen molar-refractivity contribution in [3.05, 3.63) is 453 Å². The van der Waals surface area contributed by atoms with E-state index in [4.69, 9.17) is 0 Å². The van der Waals surface area contributed by atoms with Crippen LogP contribution < -0.4 is 0 Å². The van der Waals surface area contributed by atoms with Crippen molar-refractivity contribution in [3.63, 3.8) is 0 Å². The molecule has 0 saturated carbocycles. The van der Waals surface area contributed by atoms with Crippen molar-refractivity contribution in [2.24, 2.45) is 0 Å². The summed E-state index contributed by atoms with van der Waals surface area (Å²) in [4.78, 5) is 3.63. The number of hydrogen-bond donors (Lipinski definition) is 1. The van der Waals surface area contributed by atoms with Crippen LogP contribution in [0.25, 0.3) is 224 Å². The van der Waals surface area contributed by atoms with Gasteiger partial charge in [-0.3, -0.25) is 0 Å². The third-order valence-electron chi connectivity index (χ3n) is 24.3. The molecule has 0 aliphatic carbocycles. The molecule has 0 aliphatic heterocycles. The Morgan fingerprint density at radius 2 is 0.487 bits per heavy atom. The van der Waals surface area contributed by atoms with Gasteiger partial charge in [-0.05, 0) is 224 Å². The predicted molar refractivity (Wildman–Crippen MR) is 514 cm³/mol. The lowest BCUT2D eigenvalue weighted by Gasteiger charge is -2.18. The summed E-state index contributed by atoms with van der Waals surface area (Å²) < 4.78 is 3.55. The summed E-state index contributed by atoms with van der Waals surface area (Å²) in [6.45, 7) is 0. The Hall–Kier alpha value is -15.0. The second kappa shape index (κ2) is 30.0. The quantitative estimate of drug-likeness (QED) is 0.139. The Morgan fingerprint density at radius 1 is 0.176 bits per heavy atom. The number of hydrogen-bond acceptors (Lipinski definition) is 0. The van der Waals surface area contributed by atoms with Crippen molar-refractivity contribution < 1.29 is 0 Å². The van der Waals surface area contributed by atoms with E-state index in [1.165, 1.54) is 219 Å². The molecule has 2 heterocycles. The number of nitrogens with one attached hydrogen (secondary N) is 1. The van der Waals surface area contributed by atoms with E-state index in [0.29, 0.717) is 0 Å². The largest absolute Gasteiger partial charge is 0.354 e. The van der Waals surface area contributed by atoms with Gasteiger partial charge >= 0.3 is 0 Å². The SMILES string of the molecule is Brc1ccc(-c2ccc(-c3c4ccccc4c(-c4ccccc4)c4ccccc34)cc2)cc1.c1ccc(-c2c3ccccc3c(-c3ccc(-c4ccc(-n5c6cc(-c7cccc8ccccc78)ccc6c6c7ccccc7ccc65)cc4)cc3)c3ccccc23)cc1.c1ccc2c(-c3ccc4c(c3)[nH]c3ccc5ccccc5c34)cccc2c1. The maximum absolute atomic E-state index is 3.63. The molecule has 2 aromatic heterocycles. The molecule has 24 rings (SSSR count). The molecule has 0 amide bonds. The van der Waals surface area contributed by atoms with Crippen molar-refractivity contribution >= 4 is 146 Å². The van der Waals surface area contributed by atoms with E-state index in [1.807, 2.05) is 0 Å². The van der Waals surface area contributed by atoms with Crippen LogP contribution in [0.4, 0.5) is 0 Å². The highest BCUT2D eigenvalue weighted by Gasteiger charge is 2.22. The number of benzene rings is 22. The van der Waals surface area contributed by atoms with Gasteiger partial charge in [0.2, 0.25) is 0 Å². The second-order valence-electron chi connectivity index (χ2n) is 31.0. The minimum Gasteiger partial charge on any atom is -0.354 e. The van der Waals surface area contributed by atoms with Crippen LogP contribution in [0.15, 0.2) is 453 Å². The molecule has 2 nitrogen and oxygen atoms in total. The average Bonchev–Trinajstić information content (AvgIpc) is 1.53. The molecule has 556 valence electrons. The van der Waals surface area contributed by atoms with E-state index in [0.717, 1.165) is 10.2 Å². The molecule has 0 fully saturated rings. The van der Waals surface area contributed by atoms with Crippen molar-refractivity contribution in [2.75, 3.05) is 0 Å². The molecule has 0 unspecified atom stereocenters. The minimum absolute atomic E-state index is 1.10. The van der Waals surface area contributed by atoms with Crippen LogP contribution in [0.3, 0.4) is 0 Å². The molecule has 119 heavy (non-hydrogen) atoms. The van der Waals surface area contributed by atoms with E-state index in [9.17, 15) is 0 Å². The van der Waals surface area contributed by atoms with Gasteiger partial charge in [0.15, 0.2) is 0 Å². The first-order valence-corrected chi connectivity index (χ1v) is 41.7. The van der Waals surface area contributed by atoms with E-state index in [2.05, 4.69) is 474 Å². The summed E-state index contributed by atoms with van der Waals surface area (Å²) in [6.07, 6.45) is 0. The van der Waals surface area contributed by atoms with Gasteiger partial charge in [-0.25, -0.2) is 0 Å². The smallest absolute Gasteiger partial charge is 0.0547 e. The third-order valence-corrected chi connectivity index (χ3v) is 24.8. The van der Waals surface area contributed by atoms with Gasteiger partial charge in [0, 0.05) is 42.7 Å². The zero-order valence-electron chi connectivity index (χ0n) is 65.0. The lowest BCUT2D eigenvalue weighted by atomic mass is 9.86. The summed E-state index contributed by atoms with van der Waals surface area (Å²) in [6, 6.07) is 163. The van der Waals surface area contributed by atoms with Crippen molar-refractivity contribution in [1.82, 2.24) is 9.55 Å². The predicted octanol–water partition coefficient (Wildman–Crippen LogP) is 33.1. The average molecular weight is 1580 g/mol. The monoisotopic (exact) mass is 1570 g/mol. The molecular formula is C116H75BrN2. The van der Waals surface area contributed by atoms with Crippen LogP contribution in [0.1, 0.15) is 0 Å². The van der Waals surface area contributed by atoms with Gasteiger partial charge in [-0.2, -0.15) is 0 Å². The molecule has 3 heteroatoms. The zero-order chi connectivity index (χ0) is 78.9. The normalized spacial score (nSPS) is 11.6. The van der Waals surface area contributed by atoms with E-state index in [1.54, 1.807) is 0 Å². The number of H-pyrrole nitrogens is 1. The Balaban J connectivity index is 0.000000119. The number of fused-ring (bicyclic) bond motifs is 16. The highest BCUT2D eigenvalue weighted by Crippen LogP contribution is 2.48. The lowest BCUT2D eigenvalue weighted by Crippen LogP contribution is -1.94. The zero-order valence-corrected chi connectivity index (χ0v) is 66.6. The number of aromatic amines is 1. The fraction of sp³-hybridized carbons (Fsp3) is 0. The molecule has 0 radical (unpaired) electrons. The number of rotatable bonds is 9. The molecule has 0 atom stereocenters. The van der Waals surface area contributed by atoms with E-state index >= 15 is 0 Å². The summed E-state index contributed by atoms with van der Waals surface area (Å²) in [5.74, 6) is 0. The molecule has 22 aromatic carbocycles. The van der Waals surface area contributed by atoms with Gasteiger partial charge in [0.25, 0.3) is 0 Å². The van der Waals surface area contributed by atoms with Gasteiger partial charge in [-0.15, -0.1) is 0 Å². The second-order valence-corrected chi connectivity index (χ2v) is 31.9. The van der Waals surface area contributed by atoms with E-state index in [-0.39, 0.29) is 0 Å².